The molecule has 0 aliphatic carbocycles. The van der Waals surface area contributed by atoms with Crippen LogP contribution < -0.4 is 14.4 Å². The minimum absolute atomic E-state index is 0.0105. The summed E-state index contributed by atoms with van der Waals surface area (Å²) in [5.74, 6) is -0.691. The zero-order valence-corrected chi connectivity index (χ0v) is 27.4. The molecule has 0 aromatic heterocycles. The smallest absolute Gasteiger partial charge is 0.264 e. The van der Waals surface area contributed by atoms with E-state index in [0.717, 1.165) is 21.0 Å². The SMILES string of the molecule is COc1ccc(Cl)cc1N(CC(=O)N(Cc1ccccc1C)C(Cc1ccccc1)C(=O)NC(C)C)S(=O)(=O)c1ccccc1. The highest BCUT2D eigenvalue weighted by Gasteiger charge is 2.36. The molecule has 10 heteroatoms. The van der Waals surface area contributed by atoms with Crippen LogP contribution in [0.3, 0.4) is 0 Å². The molecule has 0 radical (unpaired) electrons. The first-order valence-electron chi connectivity index (χ1n) is 14.6. The van der Waals surface area contributed by atoms with Crippen molar-refractivity contribution >= 4 is 39.1 Å². The molecule has 4 rings (SSSR count). The first-order chi connectivity index (χ1) is 21.5. The van der Waals surface area contributed by atoms with E-state index in [4.69, 9.17) is 16.3 Å². The van der Waals surface area contributed by atoms with Gasteiger partial charge in [-0.2, -0.15) is 0 Å². The van der Waals surface area contributed by atoms with Crippen LogP contribution in [-0.4, -0.2) is 50.9 Å². The van der Waals surface area contributed by atoms with Crippen LogP contribution in [0.25, 0.3) is 0 Å². The van der Waals surface area contributed by atoms with Crippen molar-refractivity contribution in [2.24, 2.45) is 0 Å². The number of anilines is 1. The fourth-order valence-electron chi connectivity index (χ4n) is 5.00. The van der Waals surface area contributed by atoms with E-state index in [9.17, 15) is 18.0 Å². The molecule has 2 amide bonds. The van der Waals surface area contributed by atoms with E-state index in [-0.39, 0.29) is 46.3 Å². The van der Waals surface area contributed by atoms with E-state index in [1.807, 2.05) is 75.4 Å². The Labute approximate surface area is 270 Å². The summed E-state index contributed by atoms with van der Waals surface area (Å²) in [6.45, 7) is 5.11. The first-order valence-corrected chi connectivity index (χ1v) is 16.4. The Bertz CT molecular complexity index is 1720. The number of rotatable bonds is 13. The van der Waals surface area contributed by atoms with Gasteiger partial charge in [-0.3, -0.25) is 13.9 Å². The Morgan fingerprint density at radius 1 is 0.889 bits per heavy atom. The predicted octanol–water partition coefficient (Wildman–Crippen LogP) is 6.02. The summed E-state index contributed by atoms with van der Waals surface area (Å²) in [6, 6.07) is 28.3. The topological polar surface area (TPSA) is 96.0 Å². The molecule has 236 valence electrons. The highest BCUT2D eigenvalue weighted by Crippen LogP contribution is 2.35. The number of aryl methyl sites for hydroxylation is 1. The van der Waals surface area contributed by atoms with Crippen LogP contribution in [0.1, 0.15) is 30.5 Å². The Hall–Kier alpha value is -4.34. The predicted molar refractivity (Wildman–Crippen MR) is 178 cm³/mol. The van der Waals surface area contributed by atoms with Crippen LogP contribution in [0.2, 0.25) is 5.02 Å². The lowest BCUT2D eigenvalue weighted by molar-refractivity contribution is -0.140. The van der Waals surface area contributed by atoms with E-state index in [0.29, 0.717) is 0 Å². The number of nitrogens with one attached hydrogen (secondary N) is 1. The standard InChI is InChI=1S/C35H38ClN3O5S/c1-25(2)37-35(41)32(21-27-14-7-5-8-15-27)38(23-28-16-12-11-13-26(28)3)34(40)24-39(31-22-29(36)19-20-33(31)44-4)45(42,43)30-17-9-6-10-18-30/h5-20,22,25,32H,21,23-24H2,1-4H3,(H,37,41). The highest BCUT2D eigenvalue weighted by atomic mass is 35.5. The van der Waals surface area contributed by atoms with Crippen molar-refractivity contribution in [2.75, 3.05) is 18.0 Å². The lowest BCUT2D eigenvalue weighted by Crippen LogP contribution is -2.54. The van der Waals surface area contributed by atoms with E-state index in [2.05, 4.69) is 5.32 Å². The maximum Gasteiger partial charge on any atom is 0.264 e. The molecule has 4 aromatic rings. The molecule has 0 fully saturated rings. The fraction of sp³-hybridized carbons (Fsp3) is 0.257. The first kappa shape index (κ1) is 33.6. The van der Waals surface area contributed by atoms with Gasteiger partial charge in [-0.05, 0) is 67.8 Å². The zero-order chi connectivity index (χ0) is 32.6. The van der Waals surface area contributed by atoms with Gasteiger partial charge in [0.25, 0.3) is 10.0 Å². The second kappa shape index (κ2) is 15.1. The van der Waals surface area contributed by atoms with Gasteiger partial charge in [0.15, 0.2) is 0 Å². The molecule has 0 aliphatic heterocycles. The van der Waals surface area contributed by atoms with Gasteiger partial charge < -0.3 is 15.0 Å². The lowest BCUT2D eigenvalue weighted by Gasteiger charge is -2.34. The molecule has 45 heavy (non-hydrogen) atoms. The van der Waals surface area contributed by atoms with Crippen molar-refractivity contribution in [1.82, 2.24) is 10.2 Å². The third kappa shape index (κ3) is 8.44. The third-order valence-corrected chi connectivity index (χ3v) is 9.33. The number of amides is 2. The van der Waals surface area contributed by atoms with Gasteiger partial charge in [0.2, 0.25) is 11.8 Å². The number of nitrogens with zero attached hydrogens (tertiary/aromatic N) is 2. The normalized spacial score (nSPS) is 12.0. The third-order valence-electron chi connectivity index (χ3n) is 7.32. The molecular weight excluding hydrogens is 610 g/mol. The molecule has 0 heterocycles. The van der Waals surface area contributed by atoms with Crippen LogP contribution in [0, 0.1) is 6.92 Å². The van der Waals surface area contributed by atoms with Gasteiger partial charge in [-0.25, -0.2) is 8.42 Å². The molecule has 0 saturated heterocycles. The van der Waals surface area contributed by atoms with Crippen molar-refractivity contribution in [3.8, 4) is 5.75 Å². The maximum atomic E-state index is 14.6. The Balaban J connectivity index is 1.86. The number of methoxy groups -OCH3 is 1. The van der Waals surface area contributed by atoms with Gasteiger partial charge >= 0.3 is 0 Å². The van der Waals surface area contributed by atoms with Gasteiger partial charge in [-0.15, -0.1) is 0 Å². The average Bonchev–Trinajstić information content (AvgIpc) is 3.02. The van der Waals surface area contributed by atoms with Gasteiger partial charge in [0, 0.05) is 24.0 Å². The molecule has 8 nitrogen and oxygen atoms in total. The second-order valence-electron chi connectivity index (χ2n) is 11.0. The van der Waals surface area contributed by atoms with E-state index < -0.39 is 28.5 Å². The van der Waals surface area contributed by atoms with E-state index >= 15 is 0 Å². The molecule has 0 bridgehead atoms. The van der Waals surface area contributed by atoms with E-state index in [1.165, 1.54) is 30.2 Å². The summed E-state index contributed by atoms with van der Waals surface area (Å²) in [6.07, 6.45) is 0.225. The van der Waals surface area contributed by atoms with Crippen LogP contribution in [0.15, 0.2) is 108 Å². The lowest BCUT2D eigenvalue weighted by atomic mass is 10.0. The molecule has 0 saturated carbocycles. The number of benzene rings is 4. The van der Waals surface area contributed by atoms with Crippen LogP contribution in [0.4, 0.5) is 5.69 Å². The van der Waals surface area contributed by atoms with Crippen molar-refractivity contribution in [1.29, 1.82) is 0 Å². The minimum atomic E-state index is -4.29. The molecule has 0 spiro atoms. The largest absolute Gasteiger partial charge is 0.495 e. The summed E-state index contributed by atoms with van der Waals surface area (Å²) in [5.41, 5.74) is 2.72. The molecule has 1 atom stereocenters. The van der Waals surface area contributed by atoms with Gasteiger partial charge in [-0.1, -0.05) is 84.4 Å². The number of carbonyl (C=O) groups is 2. The fourth-order valence-corrected chi connectivity index (χ4v) is 6.60. The Morgan fingerprint density at radius 3 is 2.13 bits per heavy atom. The van der Waals surface area contributed by atoms with Crippen molar-refractivity contribution in [3.05, 3.63) is 125 Å². The van der Waals surface area contributed by atoms with Crippen molar-refractivity contribution in [3.63, 3.8) is 0 Å². The number of carbonyl (C=O) groups excluding carboxylic acids is 2. The van der Waals surface area contributed by atoms with Crippen LogP contribution in [-0.2, 0) is 32.6 Å². The number of ether oxygens (including phenoxy) is 1. The summed E-state index contributed by atoms with van der Waals surface area (Å²) >= 11 is 6.34. The van der Waals surface area contributed by atoms with Crippen molar-refractivity contribution in [2.45, 2.75) is 50.7 Å². The average molecular weight is 648 g/mol. The monoisotopic (exact) mass is 647 g/mol. The highest BCUT2D eigenvalue weighted by molar-refractivity contribution is 7.92. The summed E-state index contributed by atoms with van der Waals surface area (Å²) in [7, 11) is -2.88. The summed E-state index contributed by atoms with van der Waals surface area (Å²) < 4.78 is 34.9. The number of sulfonamides is 1. The minimum Gasteiger partial charge on any atom is -0.495 e. The number of hydrogen-bond donors (Lipinski definition) is 1. The van der Waals surface area contributed by atoms with Crippen molar-refractivity contribution < 1.29 is 22.7 Å². The molecule has 0 aliphatic rings. The molecule has 1 N–H and O–H groups in total. The number of hydrogen-bond acceptors (Lipinski definition) is 5. The van der Waals surface area contributed by atoms with Crippen LogP contribution >= 0.6 is 11.6 Å². The second-order valence-corrected chi connectivity index (χ2v) is 13.3. The Morgan fingerprint density at radius 2 is 1.51 bits per heavy atom. The van der Waals surface area contributed by atoms with Crippen LogP contribution in [0.5, 0.6) is 5.75 Å². The molecule has 4 aromatic carbocycles. The molecular formula is C35H38ClN3O5S. The zero-order valence-electron chi connectivity index (χ0n) is 25.8. The summed E-state index contributed by atoms with van der Waals surface area (Å²) in [4.78, 5) is 29.9. The number of halogens is 1. The van der Waals surface area contributed by atoms with E-state index in [1.54, 1.807) is 30.3 Å². The molecule has 1 unspecified atom stereocenters. The summed E-state index contributed by atoms with van der Waals surface area (Å²) in [5, 5.41) is 3.23. The Kier molecular flexibility index (Phi) is 11.3. The quantitative estimate of drug-likeness (QED) is 0.192. The maximum absolute atomic E-state index is 14.6. The van der Waals surface area contributed by atoms with Gasteiger partial charge in [0.1, 0.15) is 18.3 Å². The van der Waals surface area contributed by atoms with Gasteiger partial charge in [0.05, 0.1) is 17.7 Å².